The van der Waals surface area contributed by atoms with Crippen LogP contribution in [0.5, 0.6) is 0 Å². The van der Waals surface area contributed by atoms with E-state index < -0.39 is 0 Å². The highest BCUT2D eigenvalue weighted by molar-refractivity contribution is 5.95. The van der Waals surface area contributed by atoms with Crippen molar-refractivity contribution < 1.29 is 19.1 Å². The fourth-order valence-corrected chi connectivity index (χ4v) is 3.08. The normalized spacial score (nSPS) is 18.5. The molecule has 0 unspecified atom stereocenters. The molecule has 0 aliphatic carbocycles. The van der Waals surface area contributed by atoms with Crippen LogP contribution in [0.4, 0.5) is 16.2 Å². The molecule has 0 saturated carbocycles. The minimum Gasteiger partial charge on any atom is -0.447 e. The third kappa shape index (κ3) is 3.50. The molecule has 0 bridgehead atoms. The molecule has 2 heterocycles. The van der Waals surface area contributed by atoms with E-state index in [9.17, 15) is 14.4 Å². The Hall–Kier alpha value is -2.57. The Morgan fingerprint density at radius 3 is 2.58 bits per heavy atom. The first-order valence-corrected chi connectivity index (χ1v) is 8.15. The third-order valence-corrected chi connectivity index (χ3v) is 4.50. The lowest BCUT2D eigenvalue weighted by molar-refractivity contribution is -0.132. The Labute approximate surface area is 140 Å². The lowest BCUT2D eigenvalue weighted by atomic mass is 9.96. The molecular weight excluding hydrogens is 310 g/mol. The van der Waals surface area contributed by atoms with E-state index >= 15 is 0 Å². The van der Waals surface area contributed by atoms with E-state index in [-0.39, 0.29) is 23.8 Å². The number of cyclic esters (lactones) is 1. The number of amides is 3. The van der Waals surface area contributed by atoms with Crippen LogP contribution in [-0.4, -0.2) is 49.0 Å². The molecule has 0 radical (unpaired) electrons. The van der Waals surface area contributed by atoms with E-state index in [1.54, 1.807) is 34.9 Å². The third-order valence-electron chi connectivity index (χ3n) is 4.50. The number of hydrogen-bond acceptors (Lipinski definition) is 4. The summed E-state index contributed by atoms with van der Waals surface area (Å²) in [5.74, 6) is -0.0839. The number of ether oxygens (including phenoxy) is 1. The molecule has 2 fully saturated rings. The molecule has 2 aliphatic rings. The Morgan fingerprint density at radius 1 is 1.21 bits per heavy atom. The molecule has 0 aromatic heterocycles. The number of likely N-dealkylation sites (tertiary alicyclic amines) is 1. The predicted octanol–water partition coefficient (Wildman–Crippen LogP) is 1.84. The van der Waals surface area contributed by atoms with Crippen molar-refractivity contribution in [1.29, 1.82) is 0 Å². The fourth-order valence-electron chi connectivity index (χ4n) is 3.08. The van der Waals surface area contributed by atoms with Crippen molar-refractivity contribution in [3.05, 3.63) is 24.3 Å². The summed E-state index contributed by atoms with van der Waals surface area (Å²) in [6, 6.07) is 7.19. The quantitative estimate of drug-likeness (QED) is 0.916. The van der Waals surface area contributed by atoms with Gasteiger partial charge in [0.25, 0.3) is 0 Å². The number of carbonyl (C=O) groups is 3. The van der Waals surface area contributed by atoms with Crippen molar-refractivity contribution in [2.75, 3.05) is 36.5 Å². The van der Waals surface area contributed by atoms with Gasteiger partial charge in [-0.2, -0.15) is 0 Å². The van der Waals surface area contributed by atoms with Crippen molar-refractivity contribution in [3.8, 4) is 0 Å². The first kappa shape index (κ1) is 16.3. The molecule has 2 saturated heterocycles. The van der Waals surface area contributed by atoms with E-state index in [4.69, 9.17) is 4.74 Å². The summed E-state index contributed by atoms with van der Waals surface area (Å²) in [4.78, 5) is 38.7. The molecule has 7 heteroatoms. The zero-order valence-electron chi connectivity index (χ0n) is 13.7. The molecular formula is C17H21N3O4. The number of carbonyl (C=O) groups excluding carboxylic acids is 3. The van der Waals surface area contributed by atoms with Gasteiger partial charge in [0.1, 0.15) is 6.61 Å². The average molecular weight is 331 g/mol. The highest BCUT2D eigenvalue weighted by Crippen LogP contribution is 2.24. The first-order chi connectivity index (χ1) is 11.5. The maximum absolute atomic E-state index is 12.4. The highest BCUT2D eigenvalue weighted by atomic mass is 16.6. The molecule has 3 amide bonds. The van der Waals surface area contributed by atoms with Crippen LogP contribution >= 0.6 is 0 Å². The van der Waals surface area contributed by atoms with Gasteiger partial charge in [-0.1, -0.05) is 6.07 Å². The molecule has 2 aliphatic heterocycles. The summed E-state index contributed by atoms with van der Waals surface area (Å²) in [6.45, 7) is 3.68. The molecule has 3 rings (SSSR count). The maximum atomic E-state index is 12.4. The Morgan fingerprint density at radius 2 is 1.96 bits per heavy atom. The SMILES string of the molecule is CC(=O)N1CCC(C(=O)Nc2cccc(N3CCOC3=O)c2)CC1. The monoisotopic (exact) mass is 331 g/mol. The van der Waals surface area contributed by atoms with Crippen LogP contribution in [0.1, 0.15) is 19.8 Å². The molecule has 128 valence electrons. The Bertz CT molecular complexity index is 653. The number of piperidine rings is 1. The zero-order valence-corrected chi connectivity index (χ0v) is 13.7. The van der Waals surface area contributed by atoms with Gasteiger partial charge in [-0.3, -0.25) is 14.5 Å². The molecule has 7 nitrogen and oxygen atoms in total. The zero-order chi connectivity index (χ0) is 17.1. The summed E-state index contributed by atoms with van der Waals surface area (Å²) in [5.41, 5.74) is 1.37. The summed E-state index contributed by atoms with van der Waals surface area (Å²) >= 11 is 0. The molecule has 0 spiro atoms. The lowest BCUT2D eigenvalue weighted by Crippen LogP contribution is -2.40. The van der Waals surface area contributed by atoms with Crippen LogP contribution in [0.2, 0.25) is 0 Å². The fraction of sp³-hybridized carbons (Fsp3) is 0.471. The number of nitrogens with zero attached hydrogens (tertiary/aromatic N) is 2. The Kier molecular flexibility index (Phi) is 4.69. The smallest absolute Gasteiger partial charge is 0.414 e. The lowest BCUT2D eigenvalue weighted by Gasteiger charge is -2.30. The van der Waals surface area contributed by atoms with Crippen molar-refractivity contribution in [2.24, 2.45) is 5.92 Å². The van der Waals surface area contributed by atoms with Crippen LogP contribution in [0.25, 0.3) is 0 Å². The summed E-state index contributed by atoms with van der Waals surface area (Å²) < 4.78 is 4.93. The second kappa shape index (κ2) is 6.90. The van der Waals surface area contributed by atoms with Crippen LogP contribution in [0.15, 0.2) is 24.3 Å². The van der Waals surface area contributed by atoms with Gasteiger partial charge in [0.15, 0.2) is 0 Å². The van der Waals surface area contributed by atoms with Crippen molar-refractivity contribution >= 4 is 29.3 Å². The minimum atomic E-state index is -0.366. The molecule has 1 aromatic carbocycles. The van der Waals surface area contributed by atoms with Crippen molar-refractivity contribution in [1.82, 2.24) is 4.90 Å². The number of hydrogen-bond donors (Lipinski definition) is 1. The van der Waals surface area contributed by atoms with E-state index in [1.165, 1.54) is 0 Å². The largest absolute Gasteiger partial charge is 0.447 e. The molecule has 0 atom stereocenters. The summed E-state index contributed by atoms with van der Waals surface area (Å²) in [5, 5.41) is 2.91. The second-order valence-electron chi connectivity index (χ2n) is 6.09. The number of rotatable bonds is 3. The summed E-state index contributed by atoms with van der Waals surface area (Å²) in [7, 11) is 0. The standard InChI is InChI=1S/C17H21N3O4/c1-12(21)19-7-5-13(6-8-19)16(22)18-14-3-2-4-15(11-14)20-9-10-24-17(20)23/h2-4,11,13H,5-10H2,1H3,(H,18,22). The van der Waals surface area contributed by atoms with E-state index in [0.29, 0.717) is 50.5 Å². The first-order valence-electron chi connectivity index (χ1n) is 8.15. The average Bonchev–Trinajstić information content (AvgIpc) is 3.01. The van der Waals surface area contributed by atoms with Crippen LogP contribution in [-0.2, 0) is 14.3 Å². The van der Waals surface area contributed by atoms with Gasteiger partial charge >= 0.3 is 6.09 Å². The molecule has 1 aromatic rings. The molecule has 1 N–H and O–H groups in total. The van der Waals surface area contributed by atoms with Gasteiger partial charge in [0, 0.05) is 37.3 Å². The highest BCUT2D eigenvalue weighted by Gasteiger charge is 2.27. The minimum absolute atomic E-state index is 0.0423. The van der Waals surface area contributed by atoms with Crippen LogP contribution in [0, 0.1) is 5.92 Å². The number of anilines is 2. The second-order valence-corrected chi connectivity index (χ2v) is 6.09. The van der Waals surface area contributed by atoms with Gasteiger partial charge in [-0.15, -0.1) is 0 Å². The number of nitrogens with one attached hydrogen (secondary N) is 1. The predicted molar refractivity (Wildman–Crippen MR) is 88.7 cm³/mol. The van der Waals surface area contributed by atoms with Gasteiger partial charge in [0.05, 0.1) is 6.54 Å². The van der Waals surface area contributed by atoms with Crippen molar-refractivity contribution in [3.63, 3.8) is 0 Å². The van der Waals surface area contributed by atoms with Crippen LogP contribution < -0.4 is 10.2 Å². The van der Waals surface area contributed by atoms with E-state index in [2.05, 4.69) is 5.32 Å². The van der Waals surface area contributed by atoms with Gasteiger partial charge in [-0.25, -0.2) is 4.79 Å². The van der Waals surface area contributed by atoms with Gasteiger partial charge < -0.3 is 15.0 Å². The Balaban J connectivity index is 1.61. The van der Waals surface area contributed by atoms with Gasteiger partial charge in [0.2, 0.25) is 11.8 Å². The topological polar surface area (TPSA) is 79.0 Å². The van der Waals surface area contributed by atoms with E-state index in [0.717, 1.165) is 0 Å². The number of benzene rings is 1. The summed E-state index contributed by atoms with van der Waals surface area (Å²) in [6.07, 6.45) is 0.975. The van der Waals surface area contributed by atoms with Crippen LogP contribution in [0.3, 0.4) is 0 Å². The van der Waals surface area contributed by atoms with Crippen molar-refractivity contribution in [2.45, 2.75) is 19.8 Å². The molecule has 24 heavy (non-hydrogen) atoms. The maximum Gasteiger partial charge on any atom is 0.414 e. The van der Waals surface area contributed by atoms with E-state index in [1.807, 2.05) is 6.07 Å². The van der Waals surface area contributed by atoms with Gasteiger partial charge in [-0.05, 0) is 31.0 Å².